The molecule has 8 nitrogen and oxygen atoms in total. The average molecular weight is 414 g/mol. The number of benzene rings is 2. The highest BCUT2D eigenvalue weighted by Gasteiger charge is 2.42. The molecule has 1 atom stereocenters. The van der Waals surface area contributed by atoms with Crippen molar-refractivity contribution < 1.29 is 33.7 Å². The first-order valence-electron chi connectivity index (χ1n) is 8.96. The monoisotopic (exact) mass is 414 g/mol. The Morgan fingerprint density at radius 3 is 2.50 bits per heavy atom. The van der Waals surface area contributed by atoms with Crippen LogP contribution in [0.5, 0.6) is 5.75 Å². The zero-order valence-electron chi connectivity index (χ0n) is 16.0. The molecule has 1 unspecified atom stereocenters. The molecule has 2 aromatic carbocycles. The van der Waals surface area contributed by atoms with Crippen molar-refractivity contribution in [2.75, 3.05) is 13.7 Å². The van der Waals surface area contributed by atoms with E-state index in [9.17, 15) is 23.9 Å². The number of nitrogens with zero attached hydrogens (tertiary/aromatic N) is 1. The number of amides is 2. The predicted octanol–water partition coefficient (Wildman–Crippen LogP) is 1.93. The molecule has 1 aliphatic heterocycles. The maximum absolute atomic E-state index is 13.0. The lowest BCUT2D eigenvalue weighted by Crippen LogP contribution is -2.31. The van der Waals surface area contributed by atoms with Crippen LogP contribution in [-0.2, 0) is 20.9 Å². The van der Waals surface area contributed by atoms with Gasteiger partial charge >= 0.3 is 5.97 Å². The molecule has 156 valence electrons. The maximum Gasteiger partial charge on any atom is 0.341 e. The quantitative estimate of drug-likeness (QED) is 0.638. The van der Waals surface area contributed by atoms with Gasteiger partial charge in [-0.3, -0.25) is 9.59 Å². The number of halogens is 1. The summed E-state index contributed by atoms with van der Waals surface area (Å²) in [6, 6.07) is 10.9. The summed E-state index contributed by atoms with van der Waals surface area (Å²) in [7, 11) is 1.41. The molecule has 0 fully saturated rings. The van der Waals surface area contributed by atoms with Gasteiger partial charge in [-0.2, -0.15) is 0 Å². The number of hydrogen-bond acceptors (Lipinski definition) is 5. The lowest BCUT2D eigenvalue weighted by atomic mass is 9.98. The molecule has 0 radical (unpaired) electrons. The topological polar surface area (TPSA) is 116 Å². The van der Waals surface area contributed by atoms with Crippen molar-refractivity contribution in [2.45, 2.75) is 12.6 Å². The minimum atomic E-state index is -1.18. The number of rotatable bonds is 7. The molecule has 3 N–H and O–H groups in total. The third kappa shape index (κ3) is 4.24. The largest absolute Gasteiger partial charge is 0.503 e. The molecule has 3 rings (SSSR count). The number of carbonyl (C=O) groups is 3. The standard InChI is InChI=1S/C21H19FN2O6/c1-24-18(14-4-2-3-5-15(14)30-11-16(25)26)17(19(27)21(24)29)20(28)23-10-12-6-8-13(22)9-7-12/h2-9,18,27H,10-11H2,1H3,(H,23,28)(H,25,26). The molecule has 0 spiro atoms. The molecular formula is C21H19FN2O6. The first-order valence-corrected chi connectivity index (χ1v) is 8.96. The Kier molecular flexibility index (Phi) is 6.01. The van der Waals surface area contributed by atoms with E-state index in [4.69, 9.17) is 9.84 Å². The van der Waals surface area contributed by atoms with Crippen molar-refractivity contribution >= 4 is 17.8 Å². The van der Waals surface area contributed by atoms with Crippen molar-refractivity contribution in [3.05, 3.63) is 76.8 Å². The second-order valence-electron chi connectivity index (χ2n) is 6.61. The summed E-state index contributed by atoms with van der Waals surface area (Å²) < 4.78 is 18.3. The number of aliphatic hydroxyl groups is 1. The number of nitrogens with one attached hydrogen (secondary N) is 1. The van der Waals surface area contributed by atoms with E-state index < -0.39 is 42.0 Å². The van der Waals surface area contributed by atoms with Crippen molar-refractivity contribution in [3.8, 4) is 5.75 Å². The zero-order valence-corrected chi connectivity index (χ0v) is 16.0. The van der Waals surface area contributed by atoms with Gasteiger partial charge in [-0.25, -0.2) is 9.18 Å². The van der Waals surface area contributed by atoms with Gasteiger partial charge in [0.25, 0.3) is 11.8 Å². The summed E-state index contributed by atoms with van der Waals surface area (Å²) in [5, 5.41) is 21.8. The van der Waals surface area contributed by atoms with Gasteiger partial charge in [-0.1, -0.05) is 30.3 Å². The molecule has 1 heterocycles. The molecule has 1 aliphatic rings. The minimum Gasteiger partial charge on any atom is -0.503 e. The second kappa shape index (κ2) is 8.64. The van der Waals surface area contributed by atoms with E-state index in [1.165, 1.54) is 42.3 Å². The molecule has 0 saturated carbocycles. The number of aliphatic carboxylic acids is 1. The number of carboxylic acids is 1. The van der Waals surface area contributed by atoms with Crippen LogP contribution < -0.4 is 10.1 Å². The molecule has 9 heteroatoms. The Bertz CT molecular complexity index is 1020. The first kappa shape index (κ1) is 20.8. The summed E-state index contributed by atoms with van der Waals surface area (Å²) >= 11 is 0. The number of aliphatic hydroxyl groups excluding tert-OH is 1. The lowest BCUT2D eigenvalue weighted by molar-refractivity contribution is -0.139. The summed E-state index contributed by atoms with van der Waals surface area (Å²) in [4.78, 5) is 37.2. The SMILES string of the molecule is CN1C(=O)C(O)=C(C(=O)NCc2ccc(F)cc2)C1c1ccccc1OCC(=O)O. The van der Waals surface area contributed by atoms with Crippen LogP contribution in [0.3, 0.4) is 0 Å². The summed E-state index contributed by atoms with van der Waals surface area (Å²) in [5.41, 5.74) is 0.797. The molecule has 2 aromatic rings. The number of likely N-dealkylation sites (N-methyl/N-ethyl adjacent to an activating group) is 1. The van der Waals surface area contributed by atoms with E-state index in [1.54, 1.807) is 18.2 Å². The fraction of sp³-hybridized carbons (Fsp3) is 0.190. The highest BCUT2D eigenvalue weighted by atomic mass is 19.1. The number of hydrogen-bond donors (Lipinski definition) is 3. The van der Waals surface area contributed by atoms with Gasteiger partial charge in [-0.15, -0.1) is 0 Å². The fourth-order valence-electron chi connectivity index (χ4n) is 3.18. The molecule has 0 saturated heterocycles. The van der Waals surface area contributed by atoms with Gasteiger partial charge in [0.05, 0.1) is 11.6 Å². The van der Waals surface area contributed by atoms with Crippen LogP contribution >= 0.6 is 0 Å². The Morgan fingerprint density at radius 1 is 1.17 bits per heavy atom. The summed E-state index contributed by atoms with van der Waals surface area (Å²) in [6.45, 7) is -0.555. The highest BCUT2D eigenvalue weighted by Crippen LogP contribution is 2.40. The fourth-order valence-corrected chi connectivity index (χ4v) is 3.18. The molecule has 30 heavy (non-hydrogen) atoms. The van der Waals surface area contributed by atoms with E-state index >= 15 is 0 Å². The normalized spacial score (nSPS) is 16.0. The van der Waals surface area contributed by atoms with Crippen LogP contribution in [0.4, 0.5) is 4.39 Å². The predicted molar refractivity (Wildman–Crippen MR) is 103 cm³/mol. The molecule has 0 bridgehead atoms. The van der Waals surface area contributed by atoms with Crippen LogP contribution in [-0.4, -0.2) is 46.6 Å². The van der Waals surface area contributed by atoms with Gasteiger partial charge < -0.3 is 25.2 Å². The van der Waals surface area contributed by atoms with Gasteiger partial charge in [0.1, 0.15) is 11.6 Å². The van der Waals surface area contributed by atoms with E-state index in [0.717, 1.165) is 0 Å². The van der Waals surface area contributed by atoms with Crippen molar-refractivity contribution in [2.24, 2.45) is 0 Å². The van der Waals surface area contributed by atoms with Crippen molar-refractivity contribution in [3.63, 3.8) is 0 Å². The Hall–Kier alpha value is -3.88. The number of para-hydroxylation sites is 1. The number of carboxylic acid groups (broad SMARTS) is 1. The van der Waals surface area contributed by atoms with Crippen LogP contribution in [0.1, 0.15) is 17.2 Å². The summed E-state index contributed by atoms with van der Waals surface area (Å²) in [6.07, 6.45) is 0. The second-order valence-corrected chi connectivity index (χ2v) is 6.61. The molecule has 0 aliphatic carbocycles. The van der Waals surface area contributed by atoms with Gasteiger partial charge in [0.2, 0.25) is 0 Å². The third-order valence-corrected chi connectivity index (χ3v) is 4.61. The van der Waals surface area contributed by atoms with Gasteiger partial charge in [-0.05, 0) is 23.8 Å². The maximum atomic E-state index is 13.0. The van der Waals surface area contributed by atoms with Crippen molar-refractivity contribution in [1.82, 2.24) is 10.2 Å². The molecule has 0 aromatic heterocycles. The van der Waals surface area contributed by atoms with Crippen molar-refractivity contribution in [1.29, 1.82) is 0 Å². The highest BCUT2D eigenvalue weighted by molar-refractivity contribution is 6.08. The van der Waals surface area contributed by atoms with E-state index in [1.807, 2.05) is 0 Å². The molecule has 2 amide bonds. The average Bonchev–Trinajstić information content (AvgIpc) is 2.95. The van der Waals surface area contributed by atoms with Gasteiger partial charge in [0.15, 0.2) is 12.4 Å². The van der Waals surface area contributed by atoms with Crippen LogP contribution in [0.2, 0.25) is 0 Å². The Balaban J connectivity index is 1.88. The number of ether oxygens (including phenoxy) is 1. The zero-order chi connectivity index (χ0) is 21.8. The van der Waals surface area contributed by atoms with E-state index in [0.29, 0.717) is 11.1 Å². The number of carbonyl (C=O) groups excluding carboxylic acids is 2. The van der Waals surface area contributed by atoms with Crippen LogP contribution in [0, 0.1) is 5.82 Å². The Labute approximate surface area is 171 Å². The van der Waals surface area contributed by atoms with E-state index in [2.05, 4.69) is 5.32 Å². The van der Waals surface area contributed by atoms with Crippen LogP contribution in [0.25, 0.3) is 0 Å². The minimum absolute atomic E-state index is 0.0533. The van der Waals surface area contributed by atoms with E-state index in [-0.39, 0.29) is 17.9 Å². The smallest absolute Gasteiger partial charge is 0.341 e. The van der Waals surface area contributed by atoms with Gasteiger partial charge in [0, 0.05) is 19.2 Å². The van der Waals surface area contributed by atoms with Crippen LogP contribution in [0.15, 0.2) is 59.9 Å². The third-order valence-electron chi connectivity index (χ3n) is 4.61. The first-order chi connectivity index (χ1) is 14.3. The summed E-state index contributed by atoms with van der Waals surface area (Å²) in [5.74, 6) is -3.56. The Morgan fingerprint density at radius 2 is 1.83 bits per heavy atom. The molecular weight excluding hydrogens is 395 g/mol. The lowest BCUT2D eigenvalue weighted by Gasteiger charge is -2.24.